The van der Waals surface area contributed by atoms with Gasteiger partial charge in [-0.15, -0.1) is 0 Å². The molecule has 4 heteroatoms. The molecule has 2 saturated heterocycles. The molecule has 0 spiro atoms. The van der Waals surface area contributed by atoms with Crippen LogP contribution < -0.4 is 0 Å². The summed E-state index contributed by atoms with van der Waals surface area (Å²) in [4.78, 5) is 2.51. The third-order valence-electron chi connectivity index (χ3n) is 3.24. The lowest BCUT2D eigenvalue weighted by Crippen LogP contribution is -2.50. The van der Waals surface area contributed by atoms with E-state index in [-0.39, 0.29) is 0 Å². The zero-order valence-corrected chi connectivity index (χ0v) is 10.7. The molecule has 88 valence electrons. The summed E-state index contributed by atoms with van der Waals surface area (Å²) in [5.74, 6) is 0. The van der Waals surface area contributed by atoms with Gasteiger partial charge in [-0.3, -0.25) is 4.90 Å². The molecular formula is C11H20BrNO2. The zero-order valence-electron chi connectivity index (χ0n) is 9.16. The minimum atomic E-state index is 0.457. The van der Waals surface area contributed by atoms with E-state index in [4.69, 9.17) is 9.47 Å². The van der Waals surface area contributed by atoms with Gasteiger partial charge in [0.2, 0.25) is 0 Å². The molecule has 0 N–H and O–H groups in total. The molecule has 3 nitrogen and oxygen atoms in total. The van der Waals surface area contributed by atoms with Gasteiger partial charge in [-0.2, -0.15) is 0 Å². The quantitative estimate of drug-likeness (QED) is 0.733. The second kappa shape index (κ2) is 6.18. The Morgan fingerprint density at radius 2 is 2.20 bits per heavy atom. The maximum absolute atomic E-state index is 5.78. The van der Waals surface area contributed by atoms with Crippen LogP contribution in [-0.4, -0.2) is 55.3 Å². The van der Waals surface area contributed by atoms with Crippen LogP contribution in [0.15, 0.2) is 0 Å². The van der Waals surface area contributed by atoms with Crippen molar-refractivity contribution >= 4 is 15.9 Å². The monoisotopic (exact) mass is 277 g/mol. The summed E-state index contributed by atoms with van der Waals surface area (Å²) in [6.45, 7) is 4.82. The average Bonchev–Trinajstić information content (AvgIpc) is 2.31. The standard InChI is InChI=1S/C11H20BrNO2/c12-7-10-9-14-6-4-13(10)8-11-3-1-2-5-15-11/h10-11H,1-9H2. The van der Waals surface area contributed by atoms with E-state index >= 15 is 0 Å². The molecular weight excluding hydrogens is 258 g/mol. The van der Waals surface area contributed by atoms with Crippen LogP contribution in [0.25, 0.3) is 0 Å². The molecule has 0 radical (unpaired) electrons. The van der Waals surface area contributed by atoms with Crippen LogP contribution in [0.3, 0.4) is 0 Å². The fraction of sp³-hybridized carbons (Fsp3) is 1.00. The lowest BCUT2D eigenvalue weighted by molar-refractivity contribution is -0.0491. The van der Waals surface area contributed by atoms with E-state index in [9.17, 15) is 0 Å². The molecule has 0 aromatic carbocycles. The third kappa shape index (κ3) is 3.41. The fourth-order valence-corrected chi connectivity index (χ4v) is 2.88. The Kier molecular flexibility index (Phi) is 4.88. The van der Waals surface area contributed by atoms with Crippen LogP contribution in [0.1, 0.15) is 19.3 Å². The van der Waals surface area contributed by atoms with Crippen molar-refractivity contribution < 1.29 is 9.47 Å². The van der Waals surface area contributed by atoms with E-state index in [0.717, 1.165) is 38.2 Å². The molecule has 2 aliphatic heterocycles. The van der Waals surface area contributed by atoms with Crippen molar-refractivity contribution in [3.05, 3.63) is 0 Å². The van der Waals surface area contributed by atoms with Gasteiger partial charge in [0, 0.05) is 31.1 Å². The summed E-state index contributed by atoms with van der Waals surface area (Å²) >= 11 is 3.55. The third-order valence-corrected chi connectivity index (χ3v) is 3.99. The van der Waals surface area contributed by atoms with Gasteiger partial charge in [0.1, 0.15) is 0 Å². The Labute approximate surface area is 100 Å². The molecule has 0 bridgehead atoms. The van der Waals surface area contributed by atoms with E-state index in [1.807, 2.05) is 0 Å². The van der Waals surface area contributed by atoms with Crippen LogP contribution in [-0.2, 0) is 9.47 Å². The van der Waals surface area contributed by atoms with Crippen molar-refractivity contribution in [2.45, 2.75) is 31.4 Å². The van der Waals surface area contributed by atoms with Crippen LogP contribution in [0.2, 0.25) is 0 Å². The summed E-state index contributed by atoms with van der Waals surface area (Å²) in [5.41, 5.74) is 0. The van der Waals surface area contributed by atoms with Crippen molar-refractivity contribution in [3.63, 3.8) is 0 Å². The highest BCUT2D eigenvalue weighted by Crippen LogP contribution is 2.17. The van der Waals surface area contributed by atoms with Crippen molar-refractivity contribution in [3.8, 4) is 0 Å². The van der Waals surface area contributed by atoms with Crippen LogP contribution in [0, 0.1) is 0 Å². The highest BCUT2D eigenvalue weighted by molar-refractivity contribution is 9.09. The highest BCUT2D eigenvalue weighted by Gasteiger charge is 2.25. The molecule has 2 fully saturated rings. The lowest BCUT2D eigenvalue weighted by Gasteiger charge is -2.37. The first-order valence-corrected chi connectivity index (χ1v) is 7.01. The molecule has 2 rings (SSSR count). The van der Waals surface area contributed by atoms with Crippen LogP contribution in [0.5, 0.6) is 0 Å². The number of hydrogen-bond donors (Lipinski definition) is 0. The van der Waals surface area contributed by atoms with Crippen molar-refractivity contribution in [2.75, 3.05) is 38.2 Å². The van der Waals surface area contributed by atoms with Gasteiger partial charge in [-0.05, 0) is 19.3 Å². The number of nitrogens with zero attached hydrogens (tertiary/aromatic N) is 1. The van der Waals surface area contributed by atoms with E-state index in [1.54, 1.807) is 0 Å². The maximum atomic E-state index is 5.78. The van der Waals surface area contributed by atoms with Gasteiger partial charge in [0.25, 0.3) is 0 Å². The smallest absolute Gasteiger partial charge is 0.0702 e. The lowest BCUT2D eigenvalue weighted by atomic mass is 10.1. The number of hydrogen-bond acceptors (Lipinski definition) is 3. The first-order valence-electron chi connectivity index (χ1n) is 5.89. The normalized spacial score (nSPS) is 34.2. The molecule has 0 saturated carbocycles. The SMILES string of the molecule is BrCC1COCCN1CC1CCCCO1. The van der Waals surface area contributed by atoms with E-state index in [2.05, 4.69) is 20.8 Å². The Balaban J connectivity index is 1.79. The van der Waals surface area contributed by atoms with Gasteiger partial charge < -0.3 is 9.47 Å². The van der Waals surface area contributed by atoms with Gasteiger partial charge in [0.15, 0.2) is 0 Å². The molecule has 2 heterocycles. The summed E-state index contributed by atoms with van der Waals surface area (Å²) in [6.07, 6.45) is 4.25. The number of rotatable bonds is 3. The molecule has 2 atom stereocenters. The zero-order chi connectivity index (χ0) is 10.5. The molecule has 2 aliphatic rings. The summed E-state index contributed by atoms with van der Waals surface area (Å²) < 4.78 is 11.3. The van der Waals surface area contributed by atoms with Gasteiger partial charge >= 0.3 is 0 Å². The minimum Gasteiger partial charge on any atom is -0.378 e. The van der Waals surface area contributed by atoms with Gasteiger partial charge in [0.05, 0.1) is 19.3 Å². The highest BCUT2D eigenvalue weighted by atomic mass is 79.9. The Hall–Kier alpha value is 0.360. The van der Waals surface area contributed by atoms with Crippen molar-refractivity contribution in [1.29, 1.82) is 0 Å². The summed E-state index contributed by atoms with van der Waals surface area (Å²) in [6, 6.07) is 0.532. The Bertz CT molecular complexity index is 185. The van der Waals surface area contributed by atoms with Crippen LogP contribution >= 0.6 is 15.9 Å². The van der Waals surface area contributed by atoms with E-state index in [0.29, 0.717) is 12.1 Å². The number of alkyl halides is 1. The van der Waals surface area contributed by atoms with E-state index < -0.39 is 0 Å². The molecule has 15 heavy (non-hydrogen) atoms. The first-order chi connectivity index (χ1) is 7.40. The number of ether oxygens (including phenoxy) is 2. The molecule has 0 aromatic heterocycles. The van der Waals surface area contributed by atoms with Crippen molar-refractivity contribution in [1.82, 2.24) is 4.90 Å². The fourth-order valence-electron chi connectivity index (χ4n) is 2.28. The average molecular weight is 278 g/mol. The second-order valence-electron chi connectivity index (χ2n) is 4.37. The van der Waals surface area contributed by atoms with Gasteiger partial charge in [-0.1, -0.05) is 15.9 Å². The second-order valence-corrected chi connectivity index (χ2v) is 5.01. The molecule has 0 aliphatic carbocycles. The van der Waals surface area contributed by atoms with E-state index in [1.165, 1.54) is 19.3 Å². The number of halogens is 1. The van der Waals surface area contributed by atoms with Crippen molar-refractivity contribution in [2.24, 2.45) is 0 Å². The Morgan fingerprint density at radius 1 is 1.27 bits per heavy atom. The summed E-state index contributed by atoms with van der Waals surface area (Å²) in [5, 5.41) is 1.000. The first kappa shape index (κ1) is 11.8. The minimum absolute atomic E-state index is 0.457. The molecule has 0 amide bonds. The topological polar surface area (TPSA) is 21.7 Å². The number of morpholine rings is 1. The molecule has 0 aromatic rings. The Morgan fingerprint density at radius 3 is 2.93 bits per heavy atom. The predicted octanol–water partition coefficient (Wildman–Crippen LogP) is 1.65. The van der Waals surface area contributed by atoms with Crippen LogP contribution in [0.4, 0.5) is 0 Å². The van der Waals surface area contributed by atoms with Gasteiger partial charge in [-0.25, -0.2) is 0 Å². The largest absolute Gasteiger partial charge is 0.378 e. The summed E-state index contributed by atoms with van der Waals surface area (Å²) in [7, 11) is 0. The predicted molar refractivity (Wildman–Crippen MR) is 63.6 cm³/mol. The molecule has 2 unspecified atom stereocenters. The maximum Gasteiger partial charge on any atom is 0.0702 e.